The maximum atomic E-state index is 13.2. The van der Waals surface area contributed by atoms with Crippen LogP contribution in [0.4, 0.5) is 0 Å². The average molecular weight is 836 g/mol. The zero-order chi connectivity index (χ0) is 42.6. The van der Waals surface area contributed by atoms with E-state index in [4.69, 9.17) is 14.2 Å². The summed E-state index contributed by atoms with van der Waals surface area (Å²) in [5, 5.41) is 16.4. The van der Waals surface area contributed by atoms with Crippen molar-refractivity contribution in [1.82, 2.24) is 34.6 Å². The van der Waals surface area contributed by atoms with Crippen LogP contribution in [0.3, 0.4) is 0 Å². The van der Waals surface area contributed by atoms with Crippen LogP contribution in [0.2, 0.25) is 0 Å². The number of carbonyl (C=O) groups is 3. The van der Waals surface area contributed by atoms with Crippen molar-refractivity contribution >= 4 is 39.5 Å². The molecule has 14 heteroatoms. The molecule has 4 fully saturated rings. The maximum absolute atomic E-state index is 13.2. The molecule has 318 valence electrons. The Morgan fingerprint density at radius 1 is 0.919 bits per heavy atom. The Morgan fingerprint density at radius 2 is 1.74 bits per heavy atom. The van der Waals surface area contributed by atoms with Crippen LogP contribution >= 0.6 is 0 Å². The molecular formula is C48H49N7O7. The predicted octanol–water partition coefficient (Wildman–Crippen LogP) is 4.70. The first-order valence-electron chi connectivity index (χ1n) is 21.4. The summed E-state index contributed by atoms with van der Waals surface area (Å²) in [6, 6.07) is 16.4. The fraction of sp³-hybridized carbons (Fsp3) is 0.396. The summed E-state index contributed by atoms with van der Waals surface area (Å²) in [6.07, 6.45) is 9.27. The Hall–Kier alpha value is -6.11. The Morgan fingerprint density at radius 3 is 2.55 bits per heavy atom. The van der Waals surface area contributed by atoms with Crippen molar-refractivity contribution in [3.63, 3.8) is 0 Å². The second kappa shape index (κ2) is 16.0. The van der Waals surface area contributed by atoms with Gasteiger partial charge in [0.05, 0.1) is 41.0 Å². The first kappa shape index (κ1) is 40.0. The van der Waals surface area contributed by atoms with Crippen LogP contribution in [-0.2, 0) is 16.6 Å². The van der Waals surface area contributed by atoms with E-state index in [-0.39, 0.29) is 29.4 Å². The molecule has 62 heavy (non-hydrogen) atoms. The van der Waals surface area contributed by atoms with E-state index in [9.17, 15) is 19.5 Å². The van der Waals surface area contributed by atoms with Gasteiger partial charge in [-0.25, -0.2) is 4.98 Å². The molecule has 14 nitrogen and oxygen atoms in total. The molecule has 0 bridgehead atoms. The molecule has 2 aromatic carbocycles. The third kappa shape index (κ3) is 7.59. The summed E-state index contributed by atoms with van der Waals surface area (Å²) < 4.78 is 20.6. The molecule has 7 heterocycles. The van der Waals surface area contributed by atoms with Gasteiger partial charge in [0, 0.05) is 105 Å². The van der Waals surface area contributed by atoms with Crippen LogP contribution in [0, 0.1) is 11.8 Å². The van der Waals surface area contributed by atoms with E-state index < -0.39 is 29.4 Å². The number of nitrogens with zero attached hydrogens (tertiary/aromatic N) is 6. The number of β-amino-alcohol motifs (C(OH)–C–C–N with tert-alkyl or cyclic N) is 1. The first-order chi connectivity index (χ1) is 30.0. The average Bonchev–Trinajstić information content (AvgIpc) is 3.69. The molecule has 10 rings (SSSR count). The molecule has 0 radical (unpaired) electrons. The number of hydrogen-bond acceptors (Lipinski definition) is 11. The molecule has 5 aliphatic rings. The van der Waals surface area contributed by atoms with Crippen molar-refractivity contribution in [3.05, 3.63) is 96.6 Å². The molecule has 1 aliphatic carbocycles. The van der Waals surface area contributed by atoms with Gasteiger partial charge in [-0.05, 0) is 67.6 Å². The summed E-state index contributed by atoms with van der Waals surface area (Å²) in [7, 11) is 2.08. The number of carbonyl (C=O) groups excluding carboxylic acids is 3. The van der Waals surface area contributed by atoms with Gasteiger partial charge in [-0.1, -0.05) is 30.6 Å². The van der Waals surface area contributed by atoms with Gasteiger partial charge in [0.2, 0.25) is 11.8 Å². The van der Waals surface area contributed by atoms with Crippen molar-refractivity contribution in [3.8, 4) is 34.6 Å². The number of rotatable bonds is 9. The maximum Gasteiger partial charge on any atom is 0.262 e. The summed E-state index contributed by atoms with van der Waals surface area (Å²) in [5.41, 5.74) is 4.45. The highest BCUT2D eigenvalue weighted by Crippen LogP contribution is 2.39. The van der Waals surface area contributed by atoms with Crippen LogP contribution < -0.4 is 14.8 Å². The molecule has 1 unspecified atom stereocenters. The summed E-state index contributed by atoms with van der Waals surface area (Å²) in [6.45, 7) is 9.02. The second-order valence-electron chi connectivity index (χ2n) is 17.4. The summed E-state index contributed by atoms with van der Waals surface area (Å²) >= 11 is 0. The van der Waals surface area contributed by atoms with Gasteiger partial charge >= 0.3 is 0 Å². The first-order valence-corrected chi connectivity index (χ1v) is 21.4. The quantitative estimate of drug-likeness (QED) is 0.157. The molecule has 5 aromatic rings. The number of ether oxygens (including phenoxy) is 3. The zero-order valence-corrected chi connectivity index (χ0v) is 34.8. The number of imide groups is 1. The molecule has 1 spiro atoms. The lowest BCUT2D eigenvalue weighted by atomic mass is 9.76. The van der Waals surface area contributed by atoms with Crippen LogP contribution in [0.5, 0.6) is 11.6 Å². The number of fused-ring (bicyclic) bond motifs is 4. The number of nitrogens with one attached hydrogen (secondary N) is 1. The molecule has 3 saturated heterocycles. The van der Waals surface area contributed by atoms with Gasteiger partial charge in [0.15, 0.2) is 0 Å². The van der Waals surface area contributed by atoms with Crippen molar-refractivity contribution in [2.45, 2.75) is 61.9 Å². The largest absolute Gasteiger partial charge is 0.481 e. The molecule has 1 saturated carbocycles. The minimum absolute atomic E-state index is 0.0787. The highest BCUT2D eigenvalue weighted by atomic mass is 16.5. The minimum atomic E-state index is -0.859. The molecule has 2 N–H and O–H groups in total. The van der Waals surface area contributed by atoms with Crippen LogP contribution in [0.1, 0.15) is 59.2 Å². The second-order valence-corrected chi connectivity index (χ2v) is 17.4. The van der Waals surface area contributed by atoms with E-state index in [0.29, 0.717) is 62.7 Å². The van der Waals surface area contributed by atoms with E-state index in [2.05, 4.69) is 73.3 Å². The van der Waals surface area contributed by atoms with Gasteiger partial charge in [-0.15, -0.1) is 0 Å². The Balaban J connectivity index is 0.657. The van der Waals surface area contributed by atoms with Gasteiger partial charge in [0.1, 0.15) is 24.5 Å². The molecular weight excluding hydrogens is 787 g/mol. The number of likely N-dealkylation sites (tertiary alicyclic amines) is 1. The van der Waals surface area contributed by atoms with Crippen molar-refractivity contribution < 1.29 is 33.7 Å². The standard InChI is InChI=1S/C48H49N7O7/c1-31-5-11-41(44(56)51-31)55-45(57)37-10-8-34(24-38(37)46(55)58)60-21-4-3-17-53-20-22-61-48(30-53)14-18-54(19-15-48)29-47(59)25-35(26-47)62-43-12-7-33(27-50-43)32-6-9-36-39-28-49-16-13-40(39)52(2)42(36)23-32/h6-10,12-13,16,23-24,27-28,35,41,59H,1,5,11,14-15,17-22,25-26,29-30H2,2H3,(H,51,56). The summed E-state index contributed by atoms with van der Waals surface area (Å²) in [4.78, 5) is 53.4. The number of aromatic nitrogens is 3. The number of hydrogen-bond donors (Lipinski definition) is 2. The molecule has 3 amide bonds. The molecule has 1 atom stereocenters. The Bertz CT molecular complexity index is 2670. The minimum Gasteiger partial charge on any atom is -0.481 e. The number of aliphatic hydroxyl groups is 1. The van der Waals surface area contributed by atoms with E-state index in [0.717, 1.165) is 71.5 Å². The number of amides is 3. The predicted molar refractivity (Wildman–Crippen MR) is 231 cm³/mol. The van der Waals surface area contributed by atoms with E-state index in [1.165, 1.54) is 5.39 Å². The van der Waals surface area contributed by atoms with E-state index in [1.54, 1.807) is 18.2 Å². The lowest BCUT2D eigenvalue weighted by Crippen LogP contribution is -2.60. The Labute approximate surface area is 359 Å². The fourth-order valence-electron chi connectivity index (χ4n) is 9.88. The normalized spacial score (nSPS) is 23.9. The molecule has 4 aliphatic heterocycles. The van der Waals surface area contributed by atoms with Crippen molar-refractivity contribution in [2.24, 2.45) is 7.05 Å². The SMILES string of the molecule is C=C1CCC(N2C(=O)c3ccc(OCC#CCN4CCOC5(CCN(CC6(O)CC(Oc7ccc(-c8ccc9c%10cnccc%10n(C)c9c8)cn7)C6)CC5)C4)cc3C2=O)C(=O)N1. The third-order valence-corrected chi connectivity index (χ3v) is 13.3. The number of piperidine rings is 2. The molecule has 3 aromatic heterocycles. The van der Waals surface area contributed by atoms with Crippen LogP contribution in [0.15, 0.2) is 85.5 Å². The van der Waals surface area contributed by atoms with Crippen molar-refractivity contribution in [2.75, 3.05) is 52.5 Å². The van der Waals surface area contributed by atoms with Gasteiger partial charge in [-0.3, -0.25) is 29.2 Å². The lowest BCUT2D eigenvalue weighted by molar-refractivity contribution is -0.152. The highest BCUT2D eigenvalue weighted by Gasteiger charge is 2.48. The number of pyridine rings is 2. The monoisotopic (exact) mass is 835 g/mol. The summed E-state index contributed by atoms with van der Waals surface area (Å²) in [5.74, 6) is 5.93. The smallest absolute Gasteiger partial charge is 0.262 e. The number of allylic oxidation sites excluding steroid dienone is 1. The van der Waals surface area contributed by atoms with E-state index >= 15 is 0 Å². The third-order valence-electron chi connectivity index (χ3n) is 13.3. The van der Waals surface area contributed by atoms with E-state index in [1.807, 2.05) is 36.8 Å². The van der Waals surface area contributed by atoms with Crippen molar-refractivity contribution in [1.29, 1.82) is 0 Å². The van der Waals surface area contributed by atoms with Crippen LogP contribution in [-0.4, -0.2) is 128 Å². The van der Waals surface area contributed by atoms with Crippen LogP contribution in [0.25, 0.3) is 32.9 Å². The number of aryl methyl sites for hydroxylation is 1. The lowest BCUT2D eigenvalue weighted by Gasteiger charge is -2.50. The topological polar surface area (TPSA) is 152 Å². The highest BCUT2D eigenvalue weighted by molar-refractivity contribution is 6.23. The zero-order valence-electron chi connectivity index (χ0n) is 34.8. The van der Waals surface area contributed by atoms with Gasteiger partial charge in [0.25, 0.3) is 11.8 Å². The van der Waals surface area contributed by atoms with Gasteiger partial charge < -0.3 is 34.1 Å². The number of benzene rings is 2. The van der Waals surface area contributed by atoms with Gasteiger partial charge in [-0.2, -0.15) is 0 Å². The number of morpholine rings is 1. The fourth-order valence-corrected chi connectivity index (χ4v) is 9.88. The Kier molecular flexibility index (Phi) is 10.3.